The lowest BCUT2D eigenvalue weighted by molar-refractivity contribution is -0.120. The van der Waals surface area contributed by atoms with Crippen LogP contribution in [0.4, 0.5) is 0 Å². The van der Waals surface area contributed by atoms with E-state index >= 15 is 0 Å². The Morgan fingerprint density at radius 3 is 2.76 bits per heavy atom. The van der Waals surface area contributed by atoms with Crippen molar-refractivity contribution in [3.63, 3.8) is 0 Å². The van der Waals surface area contributed by atoms with Gasteiger partial charge in [0.05, 0.1) is 11.9 Å². The summed E-state index contributed by atoms with van der Waals surface area (Å²) in [5, 5.41) is 5.30. The second-order valence-electron chi connectivity index (χ2n) is 4.52. The van der Waals surface area contributed by atoms with E-state index in [0.717, 1.165) is 5.69 Å². The van der Waals surface area contributed by atoms with Crippen LogP contribution in [0.25, 0.3) is 11.0 Å². The monoisotopic (exact) mass is 288 g/mol. The number of amides is 2. The van der Waals surface area contributed by atoms with Crippen LogP contribution in [0.5, 0.6) is 0 Å². The molecule has 2 aromatic rings. The topological polar surface area (TPSA) is 104 Å². The molecule has 2 aromatic heterocycles. The quantitative estimate of drug-likeness (QED) is 0.742. The smallest absolute Gasteiger partial charge is 0.257 e. The molecule has 2 amide bonds. The molecule has 0 aliphatic heterocycles. The van der Waals surface area contributed by atoms with Crippen LogP contribution in [0.2, 0.25) is 0 Å². The summed E-state index contributed by atoms with van der Waals surface area (Å²) in [6, 6.07) is 3.32. The van der Waals surface area contributed by atoms with E-state index in [1.54, 1.807) is 19.1 Å². The fourth-order valence-corrected chi connectivity index (χ4v) is 1.89. The summed E-state index contributed by atoms with van der Waals surface area (Å²) in [6.07, 6.45) is 1.31. The molecule has 0 radical (unpaired) electrons. The highest BCUT2D eigenvalue weighted by Crippen LogP contribution is 2.06. The minimum absolute atomic E-state index is 0.0440. The van der Waals surface area contributed by atoms with Crippen LogP contribution in [-0.2, 0) is 4.79 Å². The summed E-state index contributed by atoms with van der Waals surface area (Å²) < 4.78 is 0. The number of aromatic amines is 1. The summed E-state index contributed by atoms with van der Waals surface area (Å²) in [5.74, 6) is -0.898. The van der Waals surface area contributed by atoms with E-state index in [1.807, 2.05) is 6.92 Å². The van der Waals surface area contributed by atoms with Gasteiger partial charge in [0, 0.05) is 18.4 Å². The molecular weight excluding hydrogens is 272 g/mol. The molecule has 0 spiro atoms. The summed E-state index contributed by atoms with van der Waals surface area (Å²) in [5.41, 5.74) is 0.744. The molecule has 21 heavy (non-hydrogen) atoms. The lowest BCUT2D eigenvalue weighted by Gasteiger charge is -2.06. The number of pyridine rings is 2. The van der Waals surface area contributed by atoms with Gasteiger partial charge < -0.3 is 15.6 Å². The third-order valence-electron chi connectivity index (χ3n) is 2.91. The zero-order valence-corrected chi connectivity index (χ0v) is 11.8. The Kier molecular flexibility index (Phi) is 4.32. The van der Waals surface area contributed by atoms with Gasteiger partial charge in [-0.25, -0.2) is 4.98 Å². The minimum Gasteiger partial charge on any atom is -0.355 e. The lowest BCUT2D eigenvalue weighted by atomic mass is 10.2. The van der Waals surface area contributed by atoms with Crippen molar-refractivity contribution >= 4 is 22.8 Å². The maximum atomic E-state index is 12.2. The Bertz CT molecular complexity index is 751. The Labute approximate surface area is 120 Å². The van der Waals surface area contributed by atoms with Crippen molar-refractivity contribution in [3.8, 4) is 0 Å². The molecule has 0 unspecified atom stereocenters. The van der Waals surface area contributed by atoms with Crippen LogP contribution in [0.3, 0.4) is 0 Å². The van der Waals surface area contributed by atoms with E-state index in [9.17, 15) is 14.4 Å². The molecular formula is C14H16N4O3. The van der Waals surface area contributed by atoms with Crippen LogP contribution in [0.15, 0.2) is 23.1 Å². The molecule has 2 heterocycles. The van der Waals surface area contributed by atoms with Crippen LogP contribution >= 0.6 is 0 Å². The highest BCUT2D eigenvalue weighted by Gasteiger charge is 2.14. The van der Waals surface area contributed by atoms with Crippen molar-refractivity contribution in [1.82, 2.24) is 20.6 Å². The largest absolute Gasteiger partial charge is 0.355 e. The van der Waals surface area contributed by atoms with Crippen LogP contribution < -0.4 is 16.1 Å². The number of rotatable bonds is 4. The number of fused-ring (bicyclic) bond motifs is 1. The van der Waals surface area contributed by atoms with Gasteiger partial charge in [-0.05, 0) is 26.0 Å². The number of carbonyl (C=O) groups is 2. The normalized spacial score (nSPS) is 10.4. The Hall–Kier alpha value is -2.70. The third-order valence-corrected chi connectivity index (χ3v) is 2.91. The molecule has 0 saturated carbocycles. The highest BCUT2D eigenvalue weighted by molar-refractivity contribution is 5.98. The van der Waals surface area contributed by atoms with Crippen molar-refractivity contribution in [2.24, 2.45) is 0 Å². The summed E-state index contributed by atoms with van der Waals surface area (Å²) in [4.78, 5) is 42.5. The number of aryl methyl sites for hydroxylation is 1. The Balaban J connectivity index is 2.24. The van der Waals surface area contributed by atoms with Gasteiger partial charge >= 0.3 is 0 Å². The second kappa shape index (κ2) is 6.17. The zero-order valence-electron chi connectivity index (χ0n) is 11.8. The first-order valence-corrected chi connectivity index (χ1v) is 6.57. The van der Waals surface area contributed by atoms with Gasteiger partial charge in [0.1, 0.15) is 11.2 Å². The third kappa shape index (κ3) is 3.25. The number of hydrogen-bond donors (Lipinski definition) is 3. The number of hydrogen-bond acceptors (Lipinski definition) is 4. The van der Waals surface area contributed by atoms with E-state index in [2.05, 4.69) is 20.6 Å². The minimum atomic E-state index is -0.593. The van der Waals surface area contributed by atoms with Crippen molar-refractivity contribution in [1.29, 1.82) is 0 Å². The van der Waals surface area contributed by atoms with E-state index in [0.29, 0.717) is 17.6 Å². The average Bonchev–Trinajstić information content (AvgIpc) is 2.45. The Morgan fingerprint density at radius 1 is 1.29 bits per heavy atom. The SMILES string of the molecule is CCNC(=O)CNC(=O)c1c[nH]c2nc(C)ccc2c1=O. The van der Waals surface area contributed by atoms with Crippen LogP contribution in [-0.4, -0.2) is 34.9 Å². The van der Waals surface area contributed by atoms with Crippen molar-refractivity contribution < 1.29 is 9.59 Å². The molecule has 110 valence electrons. The van der Waals surface area contributed by atoms with Crippen molar-refractivity contribution in [2.75, 3.05) is 13.1 Å². The van der Waals surface area contributed by atoms with E-state index in [1.165, 1.54) is 6.20 Å². The van der Waals surface area contributed by atoms with Gasteiger partial charge in [-0.15, -0.1) is 0 Å². The maximum Gasteiger partial charge on any atom is 0.257 e. The van der Waals surface area contributed by atoms with Gasteiger partial charge in [0.15, 0.2) is 0 Å². The molecule has 0 aromatic carbocycles. The predicted molar refractivity (Wildman–Crippen MR) is 78.1 cm³/mol. The number of H-pyrrole nitrogens is 1. The molecule has 0 aliphatic rings. The Morgan fingerprint density at radius 2 is 2.05 bits per heavy atom. The predicted octanol–water partition coefficient (Wildman–Crippen LogP) is 0.0974. The van der Waals surface area contributed by atoms with E-state index in [-0.39, 0.29) is 18.0 Å². The number of likely N-dealkylation sites (N-methyl/N-ethyl adjacent to an activating group) is 1. The first-order chi connectivity index (χ1) is 10.0. The first-order valence-electron chi connectivity index (χ1n) is 6.57. The van der Waals surface area contributed by atoms with Crippen molar-refractivity contribution in [2.45, 2.75) is 13.8 Å². The van der Waals surface area contributed by atoms with Gasteiger partial charge in [-0.3, -0.25) is 14.4 Å². The molecule has 0 atom stereocenters. The van der Waals surface area contributed by atoms with Crippen LogP contribution in [0, 0.1) is 6.92 Å². The standard InChI is InChI=1S/C14H16N4O3/c1-3-15-11(19)7-17-14(21)10-6-16-13-9(12(10)20)5-4-8(2)18-13/h4-6H,3,7H2,1-2H3,(H,15,19)(H,17,21)(H,16,18,20). The molecule has 0 bridgehead atoms. The zero-order chi connectivity index (χ0) is 15.4. The number of aromatic nitrogens is 2. The van der Waals surface area contributed by atoms with E-state index < -0.39 is 11.3 Å². The molecule has 0 aliphatic carbocycles. The fourth-order valence-electron chi connectivity index (χ4n) is 1.89. The van der Waals surface area contributed by atoms with E-state index in [4.69, 9.17) is 0 Å². The lowest BCUT2D eigenvalue weighted by Crippen LogP contribution is -2.38. The summed E-state index contributed by atoms with van der Waals surface area (Å²) in [7, 11) is 0. The van der Waals surface area contributed by atoms with Crippen molar-refractivity contribution in [3.05, 3.63) is 39.8 Å². The summed E-state index contributed by atoms with van der Waals surface area (Å²) >= 11 is 0. The molecule has 0 saturated heterocycles. The number of nitrogens with one attached hydrogen (secondary N) is 3. The van der Waals surface area contributed by atoms with Gasteiger partial charge in [-0.1, -0.05) is 0 Å². The molecule has 7 heteroatoms. The average molecular weight is 288 g/mol. The molecule has 3 N–H and O–H groups in total. The summed E-state index contributed by atoms with van der Waals surface area (Å²) in [6.45, 7) is 3.90. The first kappa shape index (κ1) is 14.7. The molecule has 0 fully saturated rings. The highest BCUT2D eigenvalue weighted by atomic mass is 16.2. The fraction of sp³-hybridized carbons (Fsp3) is 0.286. The second-order valence-corrected chi connectivity index (χ2v) is 4.52. The number of nitrogens with zero attached hydrogens (tertiary/aromatic N) is 1. The molecule has 2 rings (SSSR count). The van der Waals surface area contributed by atoms with Crippen LogP contribution in [0.1, 0.15) is 23.0 Å². The molecule has 7 nitrogen and oxygen atoms in total. The van der Waals surface area contributed by atoms with Gasteiger partial charge in [0.2, 0.25) is 11.3 Å². The number of carbonyl (C=O) groups excluding carboxylic acids is 2. The van der Waals surface area contributed by atoms with Gasteiger partial charge in [0.25, 0.3) is 5.91 Å². The van der Waals surface area contributed by atoms with Gasteiger partial charge in [-0.2, -0.15) is 0 Å². The maximum absolute atomic E-state index is 12.2.